The van der Waals surface area contributed by atoms with Gasteiger partial charge >= 0.3 is 0 Å². The van der Waals surface area contributed by atoms with Gasteiger partial charge in [-0.25, -0.2) is 0 Å². The van der Waals surface area contributed by atoms with Gasteiger partial charge in [0.25, 0.3) is 0 Å². The van der Waals surface area contributed by atoms with Crippen LogP contribution < -0.4 is 20.8 Å². The van der Waals surface area contributed by atoms with Gasteiger partial charge in [-0.3, -0.25) is 0 Å². The van der Waals surface area contributed by atoms with E-state index in [0.717, 1.165) is 6.92 Å². The molecule has 0 radical (unpaired) electrons. The first-order valence-electron chi connectivity index (χ1n) is 4.45. The molecule has 0 aromatic heterocycles. The first kappa shape index (κ1) is 19.2. The third-order valence-corrected chi connectivity index (χ3v) is 0.656. The number of nitrogens with two attached hydrogens (primary N) is 2. The molecule has 0 heterocycles. The minimum absolute atomic E-state index is 0.352. The van der Waals surface area contributed by atoms with E-state index in [2.05, 4.69) is 0 Å². The van der Waals surface area contributed by atoms with Crippen molar-refractivity contribution >= 4 is 11.9 Å². The maximum Gasteiger partial charge on any atom is 0.0672 e. The quantitative estimate of drug-likeness (QED) is 0.454. The van der Waals surface area contributed by atoms with E-state index < -0.39 is 11.9 Å². The van der Waals surface area contributed by atoms with Crippen LogP contribution in [0.5, 0.6) is 0 Å². The van der Waals surface area contributed by atoms with E-state index in [-0.39, 0.29) is 5.57 Å². The highest BCUT2D eigenvalue weighted by Gasteiger charge is 1.86. The van der Waals surface area contributed by atoms with Gasteiger partial charge in [-0.1, -0.05) is 0 Å². The van der Waals surface area contributed by atoms with E-state index in [1.807, 2.05) is 38.8 Å². The van der Waals surface area contributed by atoms with Crippen LogP contribution in [-0.4, -0.2) is 40.1 Å². The number of carbonyl (C=O) groups excluding carboxylic acids is 2. The number of hydrogen-bond donors (Lipinski definition) is 2. The minimum atomic E-state index is -1.53. The molecule has 6 nitrogen and oxygen atoms in total. The number of aliphatic carboxylic acids is 2. The Morgan fingerprint density at radius 2 is 1.27 bits per heavy atom. The first-order chi connectivity index (χ1) is 6.87. The Morgan fingerprint density at radius 3 is 1.33 bits per heavy atom. The predicted octanol–water partition coefficient (Wildman–Crippen LogP) is -4.95. The van der Waals surface area contributed by atoms with Gasteiger partial charge in [0.15, 0.2) is 0 Å². The smallest absolute Gasteiger partial charge is 0.0672 e. The number of rotatable bonds is 2. The normalized spacial score (nSPS) is 9.00. The summed E-state index contributed by atoms with van der Waals surface area (Å²) < 4.78 is 0. The molecule has 0 aromatic carbocycles. The van der Waals surface area contributed by atoms with Crippen LogP contribution in [0.4, 0.5) is 0 Å². The van der Waals surface area contributed by atoms with E-state index in [4.69, 9.17) is 0 Å². The average Bonchev–Trinajstić information content (AvgIpc) is 2.05. The van der Waals surface area contributed by atoms with Crippen LogP contribution in [0.2, 0.25) is 0 Å². The third kappa shape index (κ3) is 32.5. The van der Waals surface area contributed by atoms with E-state index in [0.29, 0.717) is 6.08 Å². The topological polar surface area (TPSA) is 113 Å². The molecule has 0 bridgehead atoms. The highest BCUT2D eigenvalue weighted by Crippen LogP contribution is 1.86. The van der Waals surface area contributed by atoms with E-state index in [9.17, 15) is 19.8 Å². The van der Waals surface area contributed by atoms with Crippen LogP contribution >= 0.6 is 0 Å². The number of carboxylic acids is 2. The summed E-state index contributed by atoms with van der Waals surface area (Å²) in [6.07, 6.45) is 0.468. The Hall–Kier alpha value is -1.40. The Labute approximate surface area is 90.0 Å². The zero-order valence-corrected chi connectivity index (χ0v) is 9.87. The molecule has 6 heteroatoms. The second kappa shape index (κ2) is 15.1. The minimum Gasteiger partial charge on any atom is -0.545 e. The molecule has 0 saturated carbocycles. The fourth-order valence-electron chi connectivity index (χ4n) is 0.236. The fraction of sp³-hybridized carbons (Fsp3) is 0.556. The van der Waals surface area contributed by atoms with E-state index in [1.54, 1.807) is 0 Å². The molecule has 0 amide bonds. The van der Waals surface area contributed by atoms with Crippen molar-refractivity contribution in [3.05, 3.63) is 11.6 Å². The lowest BCUT2D eigenvalue weighted by molar-refractivity contribution is -0.597. The molecule has 0 aromatic rings. The lowest BCUT2D eigenvalue weighted by Gasteiger charge is -2.00. The van der Waals surface area contributed by atoms with Crippen molar-refractivity contribution in [2.24, 2.45) is 0 Å². The summed E-state index contributed by atoms with van der Waals surface area (Å²) in [5, 5.41) is 23.4. The Kier molecular flexibility index (Phi) is 19.3. The number of carboxylic acid groups (broad SMARTS) is 2. The predicted molar refractivity (Wildman–Crippen MR) is 51.3 cm³/mol. The summed E-state index contributed by atoms with van der Waals surface area (Å²) >= 11 is 0. The standard InChI is InChI=1S/C5H6O4.2C2H7N/c1-3(5(8)9)2-4(6)7;2*1-3-2/h2H,1H3,(H,6,7)(H,8,9);2*3H,1-2H3/b3-2-;;. The van der Waals surface area contributed by atoms with Crippen LogP contribution in [0.1, 0.15) is 6.92 Å². The Balaban J connectivity index is -0.000000200. The molecule has 0 fully saturated rings. The zero-order valence-electron chi connectivity index (χ0n) is 9.87. The maximum absolute atomic E-state index is 9.76. The van der Waals surface area contributed by atoms with Gasteiger partial charge in [-0.2, -0.15) is 0 Å². The van der Waals surface area contributed by atoms with Crippen LogP contribution in [0.15, 0.2) is 11.6 Å². The molecule has 0 saturated heterocycles. The number of hydrogen-bond acceptors (Lipinski definition) is 4. The number of quaternary nitrogens is 2. The molecule has 0 aliphatic carbocycles. The van der Waals surface area contributed by atoms with Crippen LogP contribution in [0, 0.1) is 0 Å². The average molecular weight is 220 g/mol. The Morgan fingerprint density at radius 1 is 1.00 bits per heavy atom. The fourth-order valence-corrected chi connectivity index (χ4v) is 0.236. The largest absolute Gasteiger partial charge is 0.545 e. The highest BCUT2D eigenvalue weighted by molar-refractivity contribution is 5.92. The molecule has 15 heavy (non-hydrogen) atoms. The van der Waals surface area contributed by atoms with Crippen LogP contribution in [0.3, 0.4) is 0 Å². The van der Waals surface area contributed by atoms with Crippen molar-refractivity contribution in [3.63, 3.8) is 0 Å². The zero-order chi connectivity index (χ0) is 12.9. The van der Waals surface area contributed by atoms with Gasteiger partial charge in [0.1, 0.15) is 0 Å². The van der Waals surface area contributed by atoms with Crippen LogP contribution in [0.25, 0.3) is 0 Å². The van der Waals surface area contributed by atoms with Crippen LogP contribution in [-0.2, 0) is 9.59 Å². The summed E-state index contributed by atoms with van der Waals surface area (Å²) in [5.41, 5.74) is -0.352. The van der Waals surface area contributed by atoms with Gasteiger partial charge < -0.3 is 30.4 Å². The molecule has 0 aliphatic rings. The van der Waals surface area contributed by atoms with Gasteiger partial charge in [-0.05, 0) is 18.6 Å². The summed E-state index contributed by atoms with van der Waals surface area (Å²) in [5.74, 6) is -3.03. The molecule has 0 unspecified atom stereocenters. The summed E-state index contributed by atoms with van der Waals surface area (Å²) in [6.45, 7) is 1.12. The van der Waals surface area contributed by atoms with Crippen molar-refractivity contribution < 1.29 is 30.4 Å². The number of carbonyl (C=O) groups is 2. The molecule has 0 spiro atoms. The third-order valence-electron chi connectivity index (χ3n) is 0.656. The second-order valence-electron chi connectivity index (χ2n) is 2.59. The van der Waals surface area contributed by atoms with Crippen molar-refractivity contribution in [1.82, 2.24) is 0 Å². The molecule has 0 atom stereocenters. The monoisotopic (exact) mass is 220 g/mol. The maximum atomic E-state index is 9.76. The van der Waals surface area contributed by atoms with Gasteiger partial charge in [0.05, 0.1) is 40.1 Å². The van der Waals surface area contributed by atoms with E-state index >= 15 is 0 Å². The summed E-state index contributed by atoms with van der Waals surface area (Å²) in [7, 11) is 8.00. The lowest BCUT2D eigenvalue weighted by Crippen LogP contribution is -2.74. The molecule has 4 N–H and O–H groups in total. The second-order valence-corrected chi connectivity index (χ2v) is 2.59. The van der Waals surface area contributed by atoms with E-state index in [1.165, 1.54) is 0 Å². The lowest BCUT2D eigenvalue weighted by atomic mass is 10.3. The molecular weight excluding hydrogens is 200 g/mol. The first-order valence-corrected chi connectivity index (χ1v) is 4.45. The van der Waals surface area contributed by atoms with Gasteiger partial charge in [0, 0.05) is 0 Å². The van der Waals surface area contributed by atoms with Gasteiger partial charge in [0.2, 0.25) is 0 Å². The van der Waals surface area contributed by atoms with Crippen molar-refractivity contribution in [3.8, 4) is 0 Å². The highest BCUT2D eigenvalue weighted by atomic mass is 16.4. The van der Waals surface area contributed by atoms with Crippen molar-refractivity contribution in [1.29, 1.82) is 0 Å². The van der Waals surface area contributed by atoms with Crippen molar-refractivity contribution in [2.45, 2.75) is 6.92 Å². The molecule has 0 rings (SSSR count). The van der Waals surface area contributed by atoms with Gasteiger partial charge in [-0.15, -0.1) is 0 Å². The summed E-state index contributed by atoms with van der Waals surface area (Å²) in [6, 6.07) is 0. The molecule has 90 valence electrons. The summed E-state index contributed by atoms with van der Waals surface area (Å²) in [4.78, 5) is 19.4. The van der Waals surface area contributed by atoms with Crippen molar-refractivity contribution in [2.75, 3.05) is 28.2 Å². The molecule has 0 aliphatic heterocycles. The Bertz CT molecular complexity index is 200. The molecular formula is C9H20N2O4. The SMILES string of the molecule is C/C(=C/C(=O)[O-])C(=O)[O-].C[NH2+]C.C[NH2+]C.